The molecular weight excluding hydrogens is 281 g/mol. The maximum absolute atomic E-state index is 13.1. The number of hydrogen-bond donors (Lipinski definition) is 0. The average Bonchev–Trinajstić information content (AvgIpc) is 2.91. The van der Waals surface area contributed by atoms with E-state index in [1.54, 1.807) is 42.5 Å². The predicted molar refractivity (Wildman–Crippen MR) is 71.5 cm³/mol. The molecule has 0 aliphatic rings. The highest BCUT2D eigenvalue weighted by Gasteiger charge is 2.36. The van der Waals surface area contributed by atoms with Gasteiger partial charge in [-0.05, 0) is 17.5 Å². The molecule has 0 saturated heterocycles. The standard InChI is InChI=1S/C15H9F3N2O/c16-15(17,18)14-8-11(9-21)19-20(14)13-7-3-5-10-4-1-2-6-12(10)13/h1-9H. The van der Waals surface area contributed by atoms with Gasteiger partial charge in [0.2, 0.25) is 0 Å². The van der Waals surface area contributed by atoms with Crippen LogP contribution in [-0.2, 0) is 6.18 Å². The molecule has 0 bridgehead atoms. The Balaban J connectivity index is 2.33. The number of fused-ring (bicyclic) bond motifs is 1. The SMILES string of the molecule is O=Cc1cc(C(F)(F)F)n(-c2cccc3ccccc23)n1. The largest absolute Gasteiger partial charge is 0.433 e. The minimum atomic E-state index is -4.59. The van der Waals surface area contributed by atoms with Crippen LogP contribution in [0.1, 0.15) is 16.2 Å². The van der Waals surface area contributed by atoms with Gasteiger partial charge in [0.1, 0.15) is 11.4 Å². The molecule has 1 heterocycles. The van der Waals surface area contributed by atoms with Gasteiger partial charge in [0.15, 0.2) is 6.29 Å². The van der Waals surface area contributed by atoms with E-state index >= 15 is 0 Å². The fourth-order valence-electron chi connectivity index (χ4n) is 2.24. The van der Waals surface area contributed by atoms with E-state index in [1.165, 1.54) is 0 Å². The molecule has 21 heavy (non-hydrogen) atoms. The number of halogens is 3. The minimum absolute atomic E-state index is 0.254. The Hall–Kier alpha value is -2.63. The van der Waals surface area contributed by atoms with E-state index in [1.807, 2.05) is 0 Å². The molecule has 3 nitrogen and oxygen atoms in total. The molecule has 0 radical (unpaired) electrons. The van der Waals surface area contributed by atoms with E-state index in [-0.39, 0.29) is 11.4 Å². The van der Waals surface area contributed by atoms with Crippen molar-refractivity contribution in [3.63, 3.8) is 0 Å². The van der Waals surface area contributed by atoms with E-state index < -0.39 is 11.9 Å². The molecule has 0 atom stereocenters. The van der Waals surface area contributed by atoms with Crippen LogP contribution < -0.4 is 0 Å². The second kappa shape index (κ2) is 4.73. The van der Waals surface area contributed by atoms with Crippen molar-refractivity contribution < 1.29 is 18.0 Å². The zero-order chi connectivity index (χ0) is 15.0. The molecule has 2 aromatic carbocycles. The summed E-state index contributed by atoms with van der Waals surface area (Å²) in [4.78, 5) is 10.8. The van der Waals surface area contributed by atoms with Gasteiger partial charge in [0, 0.05) is 5.39 Å². The van der Waals surface area contributed by atoms with Gasteiger partial charge in [0.05, 0.1) is 5.69 Å². The Morgan fingerprint density at radius 3 is 2.48 bits per heavy atom. The maximum Gasteiger partial charge on any atom is 0.433 e. The number of carbonyl (C=O) groups excluding carboxylic acids is 1. The van der Waals surface area contributed by atoms with E-state index in [2.05, 4.69) is 5.10 Å². The Kier molecular flexibility index (Phi) is 3.01. The zero-order valence-electron chi connectivity index (χ0n) is 10.6. The maximum atomic E-state index is 13.1. The first-order chi connectivity index (χ1) is 10.0. The molecule has 0 amide bonds. The molecule has 3 aromatic rings. The molecule has 0 N–H and O–H groups in total. The highest BCUT2D eigenvalue weighted by molar-refractivity contribution is 5.90. The van der Waals surface area contributed by atoms with Crippen LogP contribution in [0.15, 0.2) is 48.5 Å². The van der Waals surface area contributed by atoms with Crippen LogP contribution >= 0.6 is 0 Å². The van der Waals surface area contributed by atoms with Gasteiger partial charge in [-0.15, -0.1) is 0 Å². The molecule has 0 saturated carbocycles. The van der Waals surface area contributed by atoms with Crippen LogP contribution in [-0.4, -0.2) is 16.1 Å². The lowest BCUT2D eigenvalue weighted by Gasteiger charge is -2.12. The highest BCUT2D eigenvalue weighted by atomic mass is 19.4. The summed E-state index contributed by atoms with van der Waals surface area (Å²) in [6.07, 6.45) is -4.29. The monoisotopic (exact) mass is 290 g/mol. The summed E-state index contributed by atoms with van der Waals surface area (Å²) in [6.45, 7) is 0. The van der Waals surface area contributed by atoms with Crippen LogP contribution in [0.5, 0.6) is 0 Å². The van der Waals surface area contributed by atoms with Crippen molar-refractivity contribution >= 4 is 17.1 Å². The fraction of sp³-hybridized carbons (Fsp3) is 0.0667. The number of aromatic nitrogens is 2. The van der Waals surface area contributed by atoms with E-state index in [0.29, 0.717) is 11.7 Å². The number of carbonyl (C=O) groups is 1. The summed E-state index contributed by atoms with van der Waals surface area (Å²) in [5.41, 5.74) is -0.940. The quantitative estimate of drug-likeness (QED) is 0.672. The molecule has 0 fully saturated rings. The summed E-state index contributed by atoms with van der Waals surface area (Å²) in [6, 6.07) is 12.8. The zero-order valence-corrected chi connectivity index (χ0v) is 10.6. The molecule has 106 valence electrons. The van der Waals surface area contributed by atoms with Crippen LogP contribution in [0.25, 0.3) is 16.5 Å². The number of benzene rings is 2. The second-order valence-electron chi connectivity index (χ2n) is 4.48. The molecule has 1 aromatic heterocycles. The lowest BCUT2D eigenvalue weighted by molar-refractivity contribution is -0.142. The Labute approximate surface area is 117 Å². The normalized spacial score (nSPS) is 11.8. The van der Waals surface area contributed by atoms with Crippen molar-refractivity contribution in [3.05, 3.63) is 59.9 Å². The van der Waals surface area contributed by atoms with Gasteiger partial charge in [-0.2, -0.15) is 18.3 Å². The first-order valence-electron chi connectivity index (χ1n) is 6.11. The third-order valence-electron chi connectivity index (χ3n) is 3.13. The van der Waals surface area contributed by atoms with Crippen LogP contribution in [0, 0.1) is 0 Å². The lowest BCUT2D eigenvalue weighted by Crippen LogP contribution is -2.13. The van der Waals surface area contributed by atoms with Gasteiger partial charge in [-0.25, -0.2) is 4.68 Å². The summed E-state index contributed by atoms with van der Waals surface area (Å²) < 4.78 is 40.1. The molecule has 0 aliphatic carbocycles. The molecular formula is C15H9F3N2O. The van der Waals surface area contributed by atoms with E-state index in [9.17, 15) is 18.0 Å². The first kappa shape index (κ1) is 13.4. The van der Waals surface area contributed by atoms with Crippen molar-refractivity contribution in [2.45, 2.75) is 6.18 Å². The van der Waals surface area contributed by atoms with Crippen molar-refractivity contribution in [1.82, 2.24) is 9.78 Å². The Morgan fingerprint density at radius 2 is 1.76 bits per heavy atom. The van der Waals surface area contributed by atoms with Crippen LogP contribution in [0.3, 0.4) is 0 Å². The van der Waals surface area contributed by atoms with Crippen molar-refractivity contribution in [1.29, 1.82) is 0 Å². The summed E-state index contributed by atoms with van der Waals surface area (Å²) in [5, 5.41) is 5.17. The minimum Gasteiger partial charge on any atom is -0.296 e. The lowest BCUT2D eigenvalue weighted by atomic mass is 10.1. The molecule has 0 aliphatic heterocycles. The van der Waals surface area contributed by atoms with Gasteiger partial charge >= 0.3 is 6.18 Å². The van der Waals surface area contributed by atoms with Crippen LogP contribution in [0.4, 0.5) is 13.2 Å². The number of rotatable bonds is 2. The third kappa shape index (κ3) is 2.29. The van der Waals surface area contributed by atoms with Crippen molar-refractivity contribution in [3.8, 4) is 5.69 Å². The molecule has 0 unspecified atom stereocenters. The van der Waals surface area contributed by atoms with Gasteiger partial charge in [0.25, 0.3) is 0 Å². The molecule has 0 spiro atoms. The predicted octanol–water partition coefficient (Wildman–Crippen LogP) is 3.86. The summed E-state index contributed by atoms with van der Waals surface area (Å²) >= 11 is 0. The highest BCUT2D eigenvalue weighted by Crippen LogP contribution is 2.33. The van der Waals surface area contributed by atoms with Crippen molar-refractivity contribution in [2.75, 3.05) is 0 Å². The number of alkyl halides is 3. The van der Waals surface area contributed by atoms with E-state index in [0.717, 1.165) is 16.1 Å². The fourth-order valence-corrected chi connectivity index (χ4v) is 2.24. The Bertz CT molecular complexity index is 816. The van der Waals surface area contributed by atoms with Crippen LogP contribution in [0.2, 0.25) is 0 Å². The first-order valence-corrected chi connectivity index (χ1v) is 6.11. The molecule has 6 heteroatoms. The average molecular weight is 290 g/mol. The Morgan fingerprint density at radius 1 is 1.05 bits per heavy atom. The smallest absolute Gasteiger partial charge is 0.296 e. The summed E-state index contributed by atoms with van der Waals surface area (Å²) in [7, 11) is 0. The third-order valence-corrected chi connectivity index (χ3v) is 3.13. The van der Waals surface area contributed by atoms with Gasteiger partial charge in [-0.1, -0.05) is 36.4 Å². The molecule has 3 rings (SSSR count). The topological polar surface area (TPSA) is 34.9 Å². The number of hydrogen-bond acceptors (Lipinski definition) is 2. The van der Waals surface area contributed by atoms with E-state index in [4.69, 9.17) is 0 Å². The number of aldehydes is 1. The van der Waals surface area contributed by atoms with Gasteiger partial charge < -0.3 is 0 Å². The number of nitrogens with zero attached hydrogens (tertiary/aromatic N) is 2. The second-order valence-corrected chi connectivity index (χ2v) is 4.48. The summed E-state index contributed by atoms with van der Waals surface area (Å²) in [5.74, 6) is 0. The van der Waals surface area contributed by atoms with Gasteiger partial charge in [-0.3, -0.25) is 4.79 Å². The van der Waals surface area contributed by atoms with Crippen molar-refractivity contribution in [2.24, 2.45) is 0 Å².